The first kappa shape index (κ1) is 8.48. The highest BCUT2D eigenvalue weighted by atomic mass is 16.5. The third-order valence-electron chi connectivity index (χ3n) is 2.84. The van der Waals surface area contributed by atoms with E-state index in [9.17, 15) is 4.79 Å². The minimum absolute atomic E-state index is 0.0682. The van der Waals surface area contributed by atoms with Gasteiger partial charge in [0.15, 0.2) is 6.61 Å². The quantitative estimate of drug-likeness (QED) is 0.650. The van der Waals surface area contributed by atoms with Crippen LogP contribution in [0.3, 0.4) is 0 Å². The van der Waals surface area contributed by atoms with E-state index in [0.717, 1.165) is 27.6 Å². The molecular weight excluding hydrogens is 188 g/mol. The minimum atomic E-state index is 0.0682. The molecule has 0 saturated carbocycles. The van der Waals surface area contributed by atoms with Crippen LogP contribution in [0.25, 0.3) is 10.8 Å². The van der Waals surface area contributed by atoms with Gasteiger partial charge in [-0.1, -0.05) is 30.3 Å². The standard InChI is InChI=1S/C13H10O2/c1-8-5-6-9-3-2-4-10-11(14)7-15-13(8)12(9)10/h2-6H,7H2,1H3. The molecule has 0 amide bonds. The third-order valence-corrected chi connectivity index (χ3v) is 2.84. The topological polar surface area (TPSA) is 26.3 Å². The van der Waals surface area contributed by atoms with Crippen molar-refractivity contribution >= 4 is 16.6 Å². The molecule has 74 valence electrons. The summed E-state index contributed by atoms with van der Waals surface area (Å²) >= 11 is 0. The van der Waals surface area contributed by atoms with Crippen LogP contribution < -0.4 is 4.74 Å². The third kappa shape index (κ3) is 1.08. The minimum Gasteiger partial charge on any atom is -0.484 e. The largest absolute Gasteiger partial charge is 0.484 e. The van der Waals surface area contributed by atoms with Crippen LogP contribution in [-0.4, -0.2) is 12.4 Å². The van der Waals surface area contributed by atoms with Crippen LogP contribution in [0.1, 0.15) is 15.9 Å². The van der Waals surface area contributed by atoms with Crippen molar-refractivity contribution in [3.05, 3.63) is 41.5 Å². The molecule has 0 atom stereocenters. The fourth-order valence-electron chi connectivity index (χ4n) is 2.08. The lowest BCUT2D eigenvalue weighted by molar-refractivity contribution is 0.0915. The summed E-state index contributed by atoms with van der Waals surface area (Å²) in [5.41, 5.74) is 1.87. The summed E-state index contributed by atoms with van der Waals surface area (Å²) in [6.07, 6.45) is 0. The maximum Gasteiger partial charge on any atom is 0.200 e. The molecule has 0 unspecified atom stereocenters. The molecule has 15 heavy (non-hydrogen) atoms. The zero-order valence-electron chi connectivity index (χ0n) is 8.41. The molecule has 0 radical (unpaired) electrons. The number of carbonyl (C=O) groups is 1. The van der Waals surface area contributed by atoms with E-state index in [2.05, 4.69) is 0 Å². The summed E-state index contributed by atoms with van der Waals surface area (Å²) in [5.74, 6) is 0.932. The Morgan fingerprint density at radius 3 is 2.93 bits per heavy atom. The Labute approximate surface area is 87.5 Å². The lowest BCUT2D eigenvalue weighted by Crippen LogP contribution is -2.17. The zero-order valence-corrected chi connectivity index (χ0v) is 8.41. The molecule has 1 heterocycles. The van der Waals surface area contributed by atoms with Crippen molar-refractivity contribution in [1.82, 2.24) is 0 Å². The molecule has 0 bridgehead atoms. The van der Waals surface area contributed by atoms with Gasteiger partial charge in [0.1, 0.15) is 5.75 Å². The molecule has 0 spiro atoms. The van der Waals surface area contributed by atoms with Gasteiger partial charge in [-0.3, -0.25) is 4.79 Å². The van der Waals surface area contributed by atoms with Gasteiger partial charge in [-0.15, -0.1) is 0 Å². The number of hydrogen-bond donors (Lipinski definition) is 0. The highest BCUT2D eigenvalue weighted by molar-refractivity contribution is 6.12. The van der Waals surface area contributed by atoms with Crippen LogP contribution in [0.4, 0.5) is 0 Å². The number of Topliss-reactive ketones (excluding diaryl/α,β-unsaturated/α-hetero) is 1. The number of hydrogen-bond acceptors (Lipinski definition) is 2. The average Bonchev–Trinajstić information content (AvgIpc) is 2.26. The fourth-order valence-corrected chi connectivity index (χ4v) is 2.08. The van der Waals surface area contributed by atoms with Crippen molar-refractivity contribution in [2.24, 2.45) is 0 Å². The average molecular weight is 198 g/mol. The van der Waals surface area contributed by atoms with E-state index in [4.69, 9.17) is 4.74 Å². The second-order valence-electron chi connectivity index (χ2n) is 3.83. The molecule has 1 aliphatic rings. The molecule has 0 fully saturated rings. The van der Waals surface area contributed by atoms with Gasteiger partial charge in [0.2, 0.25) is 5.78 Å². The van der Waals surface area contributed by atoms with Crippen LogP contribution in [0.2, 0.25) is 0 Å². The highest BCUT2D eigenvalue weighted by Gasteiger charge is 2.20. The SMILES string of the molecule is Cc1ccc2cccc3c2c1OCC3=O. The van der Waals surface area contributed by atoms with Crippen LogP contribution in [0, 0.1) is 6.92 Å². The number of ketones is 1. The summed E-state index contributed by atoms with van der Waals surface area (Å²) in [5, 5.41) is 2.04. The van der Waals surface area contributed by atoms with Gasteiger partial charge in [0.05, 0.1) is 0 Å². The summed E-state index contributed by atoms with van der Waals surface area (Å²) in [7, 11) is 0. The van der Waals surface area contributed by atoms with Crippen LogP contribution in [-0.2, 0) is 0 Å². The summed E-state index contributed by atoms with van der Waals surface area (Å²) in [6, 6.07) is 9.84. The molecule has 0 saturated heterocycles. The molecule has 2 aromatic rings. The van der Waals surface area contributed by atoms with E-state index in [1.165, 1.54) is 0 Å². The van der Waals surface area contributed by atoms with Crippen molar-refractivity contribution < 1.29 is 9.53 Å². The Kier molecular flexibility index (Phi) is 1.60. The first-order valence-corrected chi connectivity index (χ1v) is 4.96. The number of rotatable bonds is 0. The van der Waals surface area contributed by atoms with E-state index in [1.807, 2.05) is 37.3 Å². The molecule has 0 N–H and O–H groups in total. The molecule has 2 nitrogen and oxygen atoms in total. The monoisotopic (exact) mass is 198 g/mol. The van der Waals surface area contributed by atoms with Crippen molar-refractivity contribution in [2.45, 2.75) is 6.92 Å². The highest BCUT2D eigenvalue weighted by Crippen LogP contribution is 2.35. The van der Waals surface area contributed by atoms with E-state index in [1.54, 1.807) is 0 Å². The van der Waals surface area contributed by atoms with Gasteiger partial charge < -0.3 is 4.74 Å². The molecule has 2 aromatic carbocycles. The maximum absolute atomic E-state index is 11.7. The fraction of sp³-hybridized carbons (Fsp3) is 0.154. The molecule has 0 aromatic heterocycles. The molecule has 1 aliphatic heterocycles. The van der Waals surface area contributed by atoms with Crippen molar-refractivity contribution in [1.29, 1.82) is 0 Å². The van der Waals surface area contributed by atoms with Crippen LogP contribution >= 0.6 is 0 Å². The van der Waals surface area contributed by atoms with Gasteiger partial charge in [-0.2, -0.15) is 0 Å². The van der Waals surface area contributed by atoms with Crippen LogP contribution in [0.15, 0.2) is 30.3 Å². The van der Waals surface area contributed by atoms with E-state index in [-0.39, 0.29) is 12.4 Å². The number of aryl methyl sites for hydroxylation is 1. The lowest BCUT2D eigenvalue weighted by Gasteiger charge is -2.18. The first-order valence-electron chi connectivity index (χ1n) is 4.96. The summed E-state index contributed by atoms with van der Waals surface area (Å²) < 4.78 is 5.49. The van der Waals surface area contributed by atoms with Gasteiger partial charge in [-0.05, 0) is 17.9 Å². The first-order chi connectivity index (χ1) is 7.27. The second kappa shape index (κ2) is 2.83. The smallest absolute Gasteiger partial charge is 0.200 e. The van der Waals surface area contributed by atoms with Crippen molar-refractivity contribution in [2.75, 3.05) is 6.61 Å². The predicted octanol–water partition coefficient (Wildman–Crippen LogP) is 2.72. The Bertz CT molecular complexity index is 570. The van der Waals surface area contributed by atoms with E-state index in [0.29, 0.717) is 0 Å². The van der Waals surface area contributed by atoms with Crippen LogP contribution in [0.5, 0.6) is 5.75 Å². The molecule has 0 aliphatic carbocycles. The Hall–Kier alpha value is -1.83. The predicted molar refractivity (Wildman–Crippen MR) is 58.5 cm³/mol. The van der Waals surface area contributed by atoms with Gasteiger partial charge >= 0.3 is 0 Å². The molecule has 3 rings (SSSR count). The Morgan fingerprint density at radius 1 is 1.20 bits per heavy atom. The lowest BCUT2D eigenvalue weighted by atomic mass is 9.97. The molecular formula is C13H10O2. The van der Waals surface area contributed by atoms with E-state index >= 15 is 0 Å². The van der Waals surface area contributed by atoms with Gasteiger partial charge in [0.25, 0.3) is 0 Å². The van der Waals surface area contributed by atoms with Crippen molar-refractivity contribution in [3.8, 4) is 5.75 Å². The zero-order chi connectivity index (χ0) is 10.4. The number of ether oxygens (including phenoxy) is 1. The normalized spacial score (nSPS) is 14.1. The summed E-state index contributed by atoms with van der Waals surface area (Å²) in [4.78, 5) is 11.7. The Balaban J connectivity index is 2.53. The number of carbonyl (C=O) groups excluding carboxylic acids is 1. The van der Waals surface area contributed by atoms with Gasteiger partial charge in [0, 0.05) is 10.9 Å². The van der Waals surface area contributed by atoms with Crippen molar-refractivity contribution in [3.63, 3.8) is 0 Å². The summed E-state index contributed by atoms with van der Waals surface area (Å²) in [6.45, 7) is 2.16. The Morgan fingerprint density at radius 2 is 2.07 bits per heavy atom. The van der Waals surface area contributed by atoms with Gasteiger partial charge in [-0.25, -0.2) is 0 Å². The molecule has 2 heteroatoms. The number of benzene rings is 2. The maximum atomic E-state index is 11.7. The second-order valence-corrected chi connectivity index (χ2v) is 3.83. The van der Waals surface area contributed by atoms with E-state index < -0.39 is 0 Å².